The second kappa shape index (κ2) is 10.5. The van der Waals surface area contributed by atoms with Gasteiger partial charge in [0, 0.05) is 27.7 Å². The number of fused-ring (bicyclic) bond motifs is 1. The maximum Gasteiger partial charge on any atom is 0.235 e. The molecular weight excluding hydrogens is 495 g/mol. The molecule has 4 rings (SSSR count). The van der Waals surface area contributed by atoms with Gasteiger partial charge in [-0.2, -0.15) is 5.26 Å². The molecule has 1 aliphatic rings. The quantitative estimate of drug-likeness (QED) is 0.323. The van der Waals surface area contributed by atoms with Crippen molar-refractivity contribution in [3.63, 3.8) is 0 Å². The Morgan fingerprint density at radius 3 is 2.83 bits per heavy atom. The number of aromatic nitrogens is 3. The third-order valence-corrected chi connectivity index (χ3v) is 10.7. The third kappa shape index (κ3) is 5.35. The summed E-state index contributed by atoms with van der Waals surface area (Å²) in [7, 11) is 1.93. The Morgan fingerprint density at radius 1 is 1.40 bits per heavy atom. The molecule has 186 valence electrons. The van der Waals surface area contributed by atoms with E-state index in [-0.39, 0.29) is 17.1 Å². The van der Waals surface area contributed by atoms with E-state index in [1.165, 1.54) is 21.5 Å². The average Bonchev–Trinajstić information content (AvgIpc) is 3.53. The number of hydrogen-bond donors (Lipinski definition) is 1. The minimum Gasteiger partial charge on any atom is -0.316 e. The molecule has 1 amide bonds. The third-order valence-electron chi connectivity index (χ3n) is 7.26. The molecule has 3 aromatic heterocycles. The molecule has 1 aliphatic carbocycles. The minimum atomic E-state index is -0.127. The van der Waals surface area contributed by atoms with Crippen LogP contribution < -0.4 is 5.32 Å². The van der Waals surface area contributed by atoms with Crippen LogP contribution in [0.4, 0.5) is 5.00 Å². The van der Waals surface area contributed by atoms with Gasteiger partial charge < -0.3 is 9.88 Å². The van der Waals surface area contributed by atoms with Gasteiger partial charge in [0.25, 0.3) is 0 Å². The zero-order valence-corrected chi connectivity index (χ0v) is 23.7. The predicted molar refractivity (Wildman–Crippen MR) is 146 cm³/mol. The van der Waals surface area contributed by atoms with Crippen molar-refractivity contribution in [1.29, 1.82) is 5.26 Å². The largest absolute Gasteiger partial charge is 0.316 e. The van der Waals surface area contributed by atoms with Crippen LogP contribution in [0, 0.1) is 22.7 Å². The van der Waals surface area contributed by atoms with Gasteiger partial charge >= 0.3 is 0 Å². The number of amides is 1. The van der Waals surface area contributed by atoms with E-state index in [4.69, 9.17) is 0 Å². The smallest absolute Gasteiger partial charge is 0.235 e. The molecule has 0 saturated heterocycles. The maximum absolute atomic E-state index is 12.8. The zero-order chi connectivity index (χ0) is 25.3. The van der Waals surface area contributed by atoms with Gasteiger partial charge in [-0.15, -0.1) is 32.9 Å². The summed E-state index contributed by atoms with van der Waals surface area (Å²) in [6, 6.07) is 4.52. The van der Waals surface area contributed by atoms with Crippen molar-refractivity contribution in [3.8, 4) is 17.5 Å². The Hall–Kier alpha value is -2.15. The standard InChI is InChI=1S/C26H33N5OS3/c1-7-26(4,5)17-8-9-18-19(12-27)24(35-21(18)11-17)28-22(32)14-34-25-30-29-23(31(25)6)16-10-20(15(2)3)33-13-16/h10,13,15,17H,7-9,11,14H2,1-6H3,(H,28,32). The Bertz CT molecular complexity index is 1260. The highest BCUT2D eigenvalue weighted by molar-refractivity contribution is 7.99. The number of nitrogens with one attached hydrogen (secondary N) is 1. The van der Waals surface area contributed by atoms with Crippen LogP contribution in [-0.2, 0) is 24.7 Å². The first-order chi connectivity index (χ1) is 16.6. The Balaban J connectivity index is 1.42. The van der Waals surface area contributed by atoms with Crippen molar-refractivity contribution < 1.29 is 4.79 Å². The van der Waals surface area contributed by atoms with Crippen LogP contribution in [0.25, 0.3) is 11.4 Å². The van der Waals surface area contributed by atoms with Crippen LogP contribution in [0.15, 0.2) is 16.6 Å². The second-order valence-electron chi connectivity index (χ2n) is 10.2. The number of nitrogens with zero attached hydrogens (tertiary/aromatic N) is 4. The van der Waals surface area contributed by atoms with Gasteiger partial charge in [-0.1, -0.05) is 52.8 Å². The van der Waals surface area contributed by atoms with E-state index in [9.17, 15) is 10.1 Å². The zero-order valence-electron chi connectivity index (χ0n) is 21.3. The normalized spacial score (nSPS) is 15.8. The summed E-state index contributed by atoms with van der Waals surface area (Å²) in [5.74, 6) is 1.97. The molecule has 0 aromatic carbocycles. The van der Waals surface area contributed by atoms with Crippen LogP contribution >= 0.6 is 34.4 Å². The first-order valence-electron chi connectivity index (χ1n) is 12.1. The van der Waals surface area contributed by atoms with Crippen LogP contribution in [0.5, 0.6) is 0 Å². The van der Waals surface area contributed by atoms with E-state index < -0.39 is 0 Å². The lowest BCUT2D eigenvalue weighted by molar-refractivity contribution is -0.113. The molecule has 6 nitrogen and oxygen atoms in total. The molecule has 1 atom stereocenters. The molecule has 0 bridgehead atoms. The highest BCUT2D eigenvalue weighted by Crippen LogP contribution is 2.45. The number of nitriles is 1. The lowest BCUT2D eigenvalue weighted by atomic mass is 9.69. The van der Waals surface area contributed by atoms with Gasteiger partial charge in [0.2, 0.25) is 5.91 Å². The molecule has 0 fully saturated rings. The topological polar surface area (TPSA) is 83.6 Å². The summed E-state index contributed by atoms with van der Waals surface area (Å²) < 4.78 is 1.93. The summed E-state index contributed by atoms with van der Waals surface area (Å²) in [6.07, 6.45) is 4.14. The average molecular weight is 528 g/mol. The SMILES string of the molecule is CCC(C)(C)C1CCc2c(sc(NC(=O)CSc3nnc(-c4csc(C(C)C)c4)n3C)c2C#N)C1. The van der Waals surface area contributed by atoms with Gasteiger partial charge in [0.1, 0.15) is 11.1 Å². The van der Waals surface area contributed by atoms with Crippen molar-refractivity contribution in [2.75, 3.05) is 11.1 Å². The summed E-state index contributed by atoms with van der Waals surface area (Å²) in [5, 5.41) is 25.0. The fourth-order valence-corrected chi connectivity index (χ4v) is 7.41. The molecule has 3 heterocycles. The number of rotatable bonds is 8. The predicted octanol–water partition coefficient (Wildman–Crippen LogP) is 6.87. The number of carbonyl (C=O) groups is 1. The van der Waals surface area contributed by atoms with E-state index in [0.717, 1.165) is 42.6 Å². The van der Waals surface area contributed by atoms with E-state index in [1.54, 1.807) is 22.7 Å². The Labute approximate surface area is 220 Å². The molecule has 0 saturated carbocycles. The summed E-state index contributed by atoms with van der Waals surface area (Å²) in [6.45, 7) is 11.3. The highest BCUT2D eigenvalue weighted by atomic mass is 32.2. The van der Waals surface area contributed by atoms with Gasteiger partial charge in [0.15, 0.2) is 11.0 Å². The Kier molecular flexibility index (Phi) is 7.74. The minimum absolute atomic E-state index is 0.127. The lowest BCUT2D eigenvalue weighted by Gasteiger charge is -2.36. The first-order valence-corrected chi connectivity index (χ1v) is 14.8. The maximum atomic E-state index is 12.8. The van der Waals surface area contributed by atoms with Gasteiger partial charge in [0.05, 0.1) is 11.3 Å². The molecular formula is C26H33N5OS3. The van der Waals surface area contributed by atoms with Crippen molar-refractivity contribution in [3.05, 3.63) is 32.3 Å². The summed E-state index contributed by atoms with van der Waals surface area (Å²) >= 11 is 4.67. The summed E-state index contributed by atoms with van der Waals surface area (Å²) in [4.78, 5) is 15.4. The van der Waals surface area contributed by atoms with Crippen LogP contribution in [0.3, 0.4) is 0 Å². The molecule has 35 heavy (non-hydrogen) atoms. The number of carbonyl (C=O) groups excluding carboxylic acids is 1. The van der Waals surface area contributed by atoms with Crippen LogP contribution in [0.2, 0.25) is 0 Å². The second-order valence-corrected chi connectivity index (χ2v) is 13.2. The van der Waals surface area contributed by atoms with Crippen molar-refractivity contribution in [2.45, 2.75) is 71.4 Å². The lowest BCUT2D eigenvalue weighted by Crippen LogP contribution is -2.28. The number of thiophene rings is 2. The molecule has 1 N–H and O–H groups in total. The van der Waals surface area contributed by atoms with Gasteiger partial charge in [-0.3, -0.25) is 4.79 Å². The Morgan fingerprint density at radius 2 is 2.17 bits per heavy atom. The molecule has 3 aromatic rings. The highest BCUT2D eigenvalue weighted by Gasteiger charge is 2.34. The van der Waals surface area contributed by atoms with E-state index in [0.29, 0.717) is 27.6 Å². The van der Waals surface area contributed by atoms with E-state index in [2.05, 4.69) is 67.6 Å². The van der Waals surface area contributed by atoms with Crippen molar-refractivity contribution >= 4 is 45.3 Å². The first kappa shape index (κ1) is 25.9. The molecule has 0 aliphatic heterocycles. The van der Waals surface area contributed by atoms with Crippen LogP contribution in [0.1, 0.15) is 74.3 Å². The van der Waals surface area contributed by atoms with Crippen LogP contribution in [-0.4, -0.2) is 26.4 Å². The monoisotopic (exact) mass is 527 g/mol. The fourth-order valence-electron chi connectivity index (χ4n) is 4.51. The van der Waals surface area contributed by atoms with Crippen molar-refractivity contribution in [2.24, 2.45) is 18.4 Å². The number of thioether (sulfide) groups is 1. The fraction of sp³-hybridized carbons (Fsp3) is 0.538. The number of anilines is 1. The van der Waals surface area contributed by atoms with Gasteiger partial charge in [-0.05, 0) is 48.1 Å². The molecule has 1 unspecified atom stereocenters. The van der Waals surface area contributed by atoms with Gasteiger partial charge in [-0.25, -0.2) is 0 Å². The molecule has 9 heteroatoms. The molecule has 0 spiro atoms. The molecule has 0 radical (unpaired) electrons. The van der Waals surface area contributed by atoms with Crippen molar-refractivity contribution in [1.82, 2.24) is 14.8 Å². The van der Waals surface area contributed by atoms with E-state index in [1.807, 2.05) is 11.6 Å². The van der Waals surface area contributed by atoms with E-state index >= 15 is 0 Å². The number of hydrogen-bond acceptors (Lipinski definition) is 7. The summed E-state index contributed by atoms with van der Waals surface area (Å²) in [5.41, 5.74) is 3.12.